The first-order chi connectivity index (χ1) is 10.5. The van der Waals surface area contributed by atoms with Crippen LogP contribution in [0.1, 0.15) is 33.6 Å². The average Bonchev–Trinajstić information content (AvgIpc) is 3.18. The summed E-state index contributed by atoms with van der Waals surface area (Å²) < 4.78 is 12.3. The van der Waals surface area contributed by atoms with Crippen molar-refractivity contribution in [1.29, 1.82) is 0 Å². The molecule has 23 heavy (non-hydrogen) atoms. The minimum Gasteiger partial charge on any atom is -0.485 e. The lowest BCUT2D eigenvalue weighted by Crippen LogP contribution is -2.46. The minimum atomic E-state index is -1.86. The molecule has 0 N–H and O–H groups in total. The van der Waals surface area contributed by atoms with Crippen molar-refractivity contribution in [2.24, 2.45) is 5.92 Å². The number of ether oxygens (including phenoxy) is 1. The lowest BCUT2D eigenvalue weighted by Gasteiger charge is -2.39. The van der Waals surface area contributed by atoms with Crippen LogP contribution in [0, 0.1) is 5.92 Å². The third kappa shape index (κ3) is 4.95. The summed E-state index contributed by atoms with van der Waals surface area (Å²) in [6.07, 6.45) is 2.38. The summed E-state index contributed by atoms with van der Waals surface area (Å²) in [5.74, 6) is 0.803. The maximum atomic E-state index is 6.51. The second-order valence-electron chi connectivity index (χ2n) is 7.47. The van der Waals surface area contributed by atoms with Crippen LogP contribution in [0.5, 0.6) is 5.75 Å². The molecule has 1 aromatic heterocycles. The Kier molecular flexibility index (Phi) is 5.90. The van der Waals surface area contributed by atoms with E-state index < -0.39 is 8.32 Å². The van der Waals surface area contributed by atoms with E-state index in [-0.39, 0.29) is 32.5 Å². The van der Waals surface area contributed by atoms with Crippen molar-refractivity contribution >= 4 is 43.1 Å². The van der Waals surface area contributed by atoms with Gasteiger partial charge in [-0.05, 0) is 48.5 Å². The van der Waals surface area contributed by atoms with Crippen molar-refractivity contribution < 1.29 is 9.16 Å². The van der Waals surface area contributed by atoms with E-state index in [9.17, 15) is 0 Å². The highest BCUT2D eigenvalue weighted by Gasteiger charge is 2.43. The molecule has 1 saturated carbocycles. The second kappa shape index (κ2) is 7.04. The molecular weight excluding hydrogens is 375 g/mol. The fourth-order valence-electron chi connectivity index (χ4n) is 1.95. The summed E-state index contributed by atoms with van der Waals surface area (Å²) in [6, 6.07) is 0. The van der Waals surface area contributed by atoms with Gasteiger partial charge in [-0.15, -0.1) is 0 Å². The van der Waals surface area contributed by atoms with Gasteiger partial charge in [0.25, 0.3) is 0 Å². The predicted molar refractivity (Wildman–Crippen MR) is 97.4 cm³/mol. The molecule has 0 amide bonds. The van der Waals surface area contributed by atoms with Gasteiger partial charge in [0, 0.05) is 0 Å². The SMILES string of the molecule is CC(C)(C)[Si](C)(C)OC(COc1c(Cl)nc(Cl)nc1Cl)C1CC1. The Morgan fingerprint density at radius 3 is 2.09 bits per heavy atom. The topological polar surface area (TPSA) is 44.2 Å². The van der Waals surface area contributed by atoms with Gasteiger partial charge in [-0.25, -0.2) is 9.97 Å². The second-order valence-corrected chi connectivity index (χ2v) is 13.3. The van der Waals surface area contributed by atoms with Gasteiger partial charge in [0.1, 0.15) is 6.61 Å². The van der Waals surface area contributed by atoms with Gasteiger partial charge < -0.3 is 9.16 Å². The largest absolute Gasteiger partial charge is 0.485 e. The Hall–Kier alpha value is -0.0731. The van der Waals surface area contributed by atoms with Gasteiger partial charge in [-0.3, -0.25) is 0 Å². The Morgan fingerprint density at radius 2 is 1.65 bits per heavy atom. The van der Waals surface area contributed by atoms with Gasteiger partial charge in [0.05, 0.1) is 6.10 Å². The maximum Gasteiger partial charge on any atom is 0.225 e. The van der Waals surface area contributed by atoms with Crippen LogP contribution in [0.2, 0.25) is 33.7 Å². The molecule has 130 valence electrons. The molecule has 1 fully saturated rings. The zero-order valence-corrected chi connectivity index (χ0v) is 17.4. The number of aromatic nitrogens is 2. The van der Waals surface area contributed by atoms with E-state index in [1.54, 1.807) is 0 Å². The Labute approximate surface area is 154 Å². The normalized spacial score (nSPS) is 17.2. The fraction of sp³-hybridized carbons (Fsp3) is 0.733. The van der Waals surface area contributed by atoms with Crippen LogP contribution in [0.4, 0.5) is 0 Å². The molecule has 0 aliphatic heterocycles. The van der Waals surface area contributed by atoms with E-state index in [2.05, 4.69) is 43.8 Å². The quantitative estimate of drug-likeness (QED) is 0.355. The van der Waals surface area contributed by atoms with Crippen molar-refractivity contribution in [1.82, 2.24) is 9.97 Å². The van der Waals surface area contributed by atoms with E-state index in [1.165, 1.54) is 12.8 Å². The zero-order valence-electron chi connectivity index (χ0n) is 14.1. The van der Waals surface area contributed by atoms with Crippen molar-refractivity contribution in [3.63, 3.8) is 0 Å². The third-order valence-electron chi connectivity index (χ3n) is 4.55. The van der Waals surface area contributed by atoms with E-state index in [1.807, 2.05) is 0 Å². The number of halogens is 3. The molecule has 1 aliphatic carbocycles. The van der Waals surface area contributed by atoms with Crippen LogP contribution in [0.15, 0.2) is 0 Å². The molecule has 4 nitrogen and oxygen atoms in total. The molecular formula is C15H23Cl3N2O2Si. The summed E-state index contributed by atoms with van der Waals surface area (Å²) in [5.41, 5.74) is 0. The fourth-order valence-corrected chi connectivity index (χ4v) is 4.07. The van der Waals surface area contributed by atoms with E-state index >= 15 is 0 Å². The first kappa shape index (κ1) is 19.3. The summed E-state index contributed by atoms with van der Waals surface area (Å²) >= 11 is 17.8. The van der Waals surface area contributed by atoms with E-state index in [0.717, 1.165) is 0 Å². The lowest BCUT2D eigenvalue weighted by molar-refractivity contribution is 0.0972. The summed E-state index contributed by atoms with van der Waals surface area (Å²) in [5, 5.41) is 0.399. The summed E-state index contributed by atoms with van der Waals surface area (Å²) in [6.45, 7) is 11.6. The molecule has 1 aliphatic rings. The minimum absolute atomic E-state index is 0.00335. The molecule has 2 rings (SSSR count). The standard InChI is InChI=1S/C15H23Cl3N2O2Si/c1-15(2,3)23(4,5)22-10(9-6-7-9)8-21-11-12(16)19-14(18)20-13(11)17/h9-10H,6-8H2,1-5H3. The highest BCUT2D eigenvalue weighted by atomic mass is 35.5. The Balaban J connectivity index is 2.07. The van der Waals surface area contributed by atoms with Crippen LogP contribution in [-0.2, 0) is 4.43 Å². The van der Waals surface area contributed by atoms with Crippen molar-refractivity contribution in [2.75, 3.05) is 6.61 Å². The van der Waals surface area contributed by atoms with Gasteiger partial charge in [0.2, 0.25) is 5.28 Å². The molecule has 1 atom stereocenters. The van der Waals surface area contributed by atoms with Crippen molar-refractivity contribution in [3.8, 4) is 5.75 Å². The first-order valence-corrected chi connectivity index (χ1v) is 11.7. The number of nitrogens with zero attached hydrogens (tertiary/aromatic N) is 2. The molecule has 0 bridgehead atoms. The highest BCUT2D eigenvalue weighted by molar-refractivity contribution is 6.74. The van der Waals surface area contributed by atoms with E-state index in [0.29, 0.717) is 12.5 Å². The number of rotatable bonds is 6. The summed E-state index contributed by atoms with van der Waals surface area (Å²) in [7, 11) is -1.86. The Morgan fingerprint density at radius 1 is 1.13 bits per heavy atom. The van der Waals surface area contributed by atoms with Crippen LogP contribution < -0.4 is 4.74 Å². The van der Waals surface area contributed by atoms with E-state index in [4.69, 9.17) is 44.0 Å². The van der Waals surface area contributed by atoms with Crippen molar-refractivity contribution in [2.45, 2.75) is 57.8 Å². The van der Waals surface area contributed by atoms with Crippen LogP contribution in [0.3, 0.4) is 0 Å². The molecule has 0 saturated heterocycles. The maximum absolute atomic E-state index is 6.51. The molecule has 0 radical (unpaired) electrons. The van der Waals surface area contributed by atoms with Gasteiger partial charge >= 0.3 is 0 Å². The number of hydrogen-bond donors (Lipinski definition) is 0. The monoisotopic (exact) mass is 396 g/mol. The molecule has 1 unspecified atom stereocenters. The van der Waals surface area contributed by atoms with Gasteiger partial charge in [0.15, 0.2) is 24.4 Å². The number of hydrogen-bond acceptors (Lipinski definition) is 4. The highest BCUT2D eigenvalue weighted by Crippen LogP contribution is 2.42. The third-order valence-corrected chi connectivity index (χ3v) is 9.73. The molecule has 0 aromatic carbocycles. The Bertz CT molecular complexity index is 551. The van der Waals surface area contributed by atoms with Crippen LogP contribution in [-0.4, -0.2) is 31.0 Å². The zero-order chi connectivity index (χ0) is 17.4. The molecule has 1 aromatic rings. The molecule has 1 heterocycles. The van der Waals surface area contributed by atoms with Gasteiger partial charge in [-0.2, -0.15) is 0 Å². The van der Waals surface area contributed by atoms with Gasteiger partial charge in [-0.1, -0.05) is 44.0 Å². The molecule has 0 spiro atoms. The van der Waals surface area contributed by atoms with Crippen molar-refractivity contribution in [3.05, 3.63) is 15.6 Å². The molecule has 8 heteroatoms. The smallest absolute Gasteiger partial charge is 0.225 e. The lowest BCUT2D eigenvalue weighted by atomic mass is 10.2. The van der Waals surface area contributed by atoms with Crippen LogP contribution >= 0.6 is 34.8 Å². The van der Waals surface area contributed by atoms with Crippen LogP contribution in [0.25, 0.3) is 0 Å². The summed E-state index contributed by atoms with van der Waals surface area (Å²) in [4.78, 5) is 7.73. The first-order valence-electron chi connectivity index (χ1n) is 7.70. The predicted octanol–water partition coefficient (Wildman–Crippen LogP) is 5.62. The average molecular weight is 398 g/mol.